The fourth-order valence-corrected chi connectivity index (χ4v) is 4.35. The number of aryl methyl sites for hydroxylation is 2. The Kier molecular flexibility index (Phi) is 4.89. The van der Waals surface area contributed by atoms with Crippen LogP contribution < -0.4 is 5.32 Å². The Morgan fingerprint density at radius 1 is 1.25 bits per heavy atom. The number of hydrogen-bond acceptors (Lipinski definition) is 3. The fourth-order valence-electron chi connectivity index (χ4n) is 4.35. The first-order valence-corrected chi connectivity index (χ1v) is 10.5. The van der Waals surface area contributed by atoms with Crippen molar-refractivity contribution in [3.8, 4) is 0 Å². The highest BCUT2D eigenvalue weighted by Gasteiger charge is 2.50. The number of benzene rings is 1. The number of hydrogen-bond donors (Lipinski definition) is 1. The van der Waals surface area contributed by atoms with Crippen LogP contribution in [0, 0.1) is 5.92 Å². The molecule has 1 aromatic carbocycles. The van der Waals surface area contributed by atoms with Gasteiger partial charge in [0.15, 0.2) is 0 Å². The van der Waals surface area contributed by atoms with Crippen LogP contribution in [0.25, 0.3) is 0 Å². The van der Waals surface area contributed by atoms with Crippen molar-refractivity contribution >= 4 is 17.8 Å². The Labute approximate surface area is 166 Å². The molecule has 1 aromatic rings. The van der Waals surface area contributed by atoms with Gasteiger partial charge in [-0.25, -0.2) is 4.79 Å². The summed E-state index contributed by atoms with van der Waals surface area (Å²) in [5.74, 6) is 0.0948. The number of nitrogens with one attached hydrogen (secondary N) is 1. The second-order valence-corrected chi connectivity index (χ2v) is 8.57. The molecule has 1 atom stereocenters. The van der Waals surface area contributed by atoms with E-state index in [1.807, 2.05) is 24.0 Å². The highest BCUT2D eigenvalue weighted by molar-refractivity contribution is 6.09. The van der Waals surface area contributed by atoms with Gasteiger partial charge in [0.2, 0.25) is 5.91 Å². The molecular weight excluding hydrogens is 354 g/mol. The molecular formula is C22H29N3O3. The average Bonchev–Trinajstić information content (AvgIpc) is 3.31. The molecule has 3 aliphatic rings. The highest BCUT2D eigenvalue weighted by atomic mass is 16.2. The van der Waals surface area contributed by atoms with Crippen LogP contribution in [0.5, 0.6) is 0 Å². The summed E-state index contributed by atoms with van der Waals surface area (Å²) in [7, 11) is 0. The summed E-state index contributed by atoms with van der Waals surface area (Å²) in [5.41, 5.74) is 2.27. The van der Waals surface area contributed by atoms with Crippen molar-refractivity contribution in [2.24, 2.45) is 5.92 Å². The van der Waals surface area contributed by atoms with E-state index >= 15 is 0 Å². The number of amides is 4. The van der Waals surface area contributed by atoms with Crippen molar-refractivity contribution in [1.29, 1.82) is 0 Å². The van der Waals surface area contributed by atoms with Gasteiger partial charge < -0.3 is 10.2 Å². The zero-order valence-corrected chi connectivity index (χ0v) is 16.8. The number of carbonyl (C=O) groups excluding carboxylic acids is 3. The first-order valence-electron chi connectivity index (χ1n) is 10.5. The van der Waals surface area contributed by atoms with Gasteiger partial charge in [-0.2, -0.15) is 0 Å². The lowest BCUT2D eigenvalue weighted by Crippen LogP contribution is -2.45. The quantitative estimate of drug-likeness (QED) is 0.736. The lowest BCUT2D eigenvalue weighted by atomic mass is 9.89. The van der Waals surface area contributed by atoms with E-state index in [4.69, 9.17) is 0 Å². The Morgan fingerprint density at radius 3 is 2.71 bits per heavy atom. The van der Waals surface area contributed by atoms with Crippen molar-refractivity contribution in [3.63, 3.8) is 0 Å². The minimum Gasteiger partial charge on any atom is -0.341 e. The van der Waals surface area contributed by atoms with E-state index in [1.54, 1.807) is 6.92 Å². The van der Waals surface area contributed by atoms with Crippen LogP contribution in [0.15, 0.2) is 18.2 Å². The zero-order chi connectivity index (χ0) is 19.9. The SMILES string of the molecule is CCCN(CC1CC1)C(=O)CN1C(=O)NC(C)(c2ccc3c(c2)CCC3)C1=O. The van der Waals surface area contributed by atoms with Crippen molar-refractivity contribution in [3.05, 3.63) is 34.9 Å². The van der Waals surface area contributed by atoms with Crippen LogP contribution in [0.2, 0.25) is 0 Å². The molecule has 0 radical (unpaired) electrons. The normalized spacial score (nSPS) is 23.7. The first kappa shape index (κ1) is 19.0. The minimum absolute atomic E-state index is 0.143. The van der Waals surface area contributed by atoms with E-state index < -0.39 is 11.6 Å². The van der Waals surface area contributed by atoms with Gasteiger partial charge in [0.25, 0.3) is 5.91 Å². The van der Waals surface area contributed by atoms with Crippen LogP contribution >= 0.6 is 0 Å². The smallest absolute Gasteiger partial charge is 0.325 e. The predicted molar refractivity (Wildman–Crippen MR) is 106 cm³/mol. The predicted octanol–water partition coefficient (Wildman–Crippen LogP) is 2.59. The lowest BCUT2D eigenvalue weighted by molar-refractivity contribution is -0.139. The first-order chi connectivity index (χ1) is 13.4. The molecule has 4 rings (SSSR count). The molecule has 1 unspecified atom stereocenters. The standard InChI is InChI=1S/C22H29N3O3/c1-3-11-24(13-15-7-8-15)19(26)14-25-20(27)22(2,23-21(25)28)18-10-9-16-5-4-6-17(16)12-18/h9-10,12,15H,3-8,11,13-14H2,1-2H3,(H,23,28). The Hall–Kier alpha value is -2.37. The topological polar surface area (TPSA) is 69.7 Å². The largest absolute Gasteiger partial charge is 0.341 e. The summed E-state index contributed by atoms with van der Waals surface area (Å²) in [6, 6.07) is 5.56. The maximum atomic E-state index is 13.2. The van der Waals surface area contributed by atoms with Crippen LogP contribution in [0.1, 0.15) is 56.2 Å². The second-order valence-electron chi connectivity index (χ2n) is 8.57. The van der Waals surface area contributed by atoms with Crippen LogP contribution in [0.4, 0.5) is 4.79 Å². The molecule has 1 saturated carbocycles. The van der Waals surface area contributed by atoms with E-state index in [-0.39, 0.29) is 18.4 Å². The molecule has 0 spiro atoms. The summed E-state index contributed by atoms with van der Waals surface area (Å²) in [6.45, 7) is 4.99. The monoisotopic (exact) mass is 383 g/mol. The highest BCUT2D eigenvalue weighted by Crippen LogP contribution is 2.33. The number of imide groups is 1. The van der Waals surface area contributed by atoms with Gasteiger partial charge in [-0.3, -0.25) is 14.5 Å². The molecule has 28 heavy (non-hydrogen) atoms. The number of nitrogens with zero attached hydrogens (tertiary/aromatic N) is 2. The van der Waals surface area contributed by atoms with E-state index in [0.717, 1.165) is 55.5 Å². The maximum absolute atomic E-state index is 13.2. The van der Waals surface area contributed by atoms with E-state index in [2.05, 4.69) is 11.4 Å². The van der Waals surface area contributed by atoms with Crippen LogP contribution in [0.3, 0.4) is 0 Å². The molecule has 6 nitrogen and oxygen atoms in total. The molecule has 150 valence electrons. The Bertz CT molecular complexity index is 817. The molecule has 2 fully saturated rings. The number of carbonyl (C=O) groups is 3. The summed E-state index contributed by atoms with van der Waals surface area (Å²) >= 11 is 0. The van der Waals surface area contributed by atoms with E-state index in [9.17, 15) is 14.4 Å². The Balaban J connectivity index is 1.50. The third kappa shape index (κ3) is 3.40. The molecule has 1 N–H and O–H groups in total. The molecule has 6 heteroatoms. The molecule has 0 bridgehead atoms. The summed E-state index contributed by atoms with van der Waals surface area (Å²) < 4.78 is 0. The number of fused-ring (bicyclic) bond motifs is 1. The maximum Gasteiger partial charge on any atom is 0.325 e. The van der Waals surface area contributed by atoms with Gasteiger partial charge in [-0.15, -0.1) is 0 Å². The van der Waals surface area contributed by atoms with Crippen molar-refractivity contribution in [2.45, 2.75) is 57.9 Å². The number of rotatable bonds is 7. The summed E-state index contributed by atoms with van der Waals surface area (Å²) in [6.07, 6.45) is 6.40. The van der Waals surface area contributed by atoms with E-state index in [0.29, 0.717) is 12.5 Å². The van der Waals surface area contributed by atoms with Gasteiger partial charge in [-0.05, 0) is 68.1 Å². The van der Waals surface area contributed by atoms with Gasteiger partial charge >= 0.3 is 6.03 Å². The summed E-state index contributed by atoms with van der Waals surface area (Å²) in [4.78, 5) is 41.4. The van der Waals surface area contributed by atoms with Crippen molar-refractivity contribution in [2.75, 3.05) is 19.6 Å². The van der Waals surface area contributed by atoms with E-state index in [1.165, 1.54) is 11.1 Å². The minimum atomic E-state index is -1.11. The molecule has 1 saturated heterocycles. The number of urea groups is 1. The molecule has 1 aliphatic heterocycles. The van der Waals surface area contributed by atoms with Gasteiger partial charge in [0.1, 0.15) is 12.1 Å². The van der Waals surface area contributed by atoms with Gasteiger partial charge in [0.05, 0.1) is 0 Å². The third-order valence-electron chi connectivity index (χ3n) is 6.27. The van der Waals surface area contributed by atoms with Gasteiger partial charge in [-0.1, -0.05) is 25.1 Å². The summed E-state index contributed by atoms with van der Waals surface area (Å²) in [5, 5.41) is 2.83. The van der Waals surface area contributed by atoms with Crippen LogP contribution in [-0.4, -0.2) is 47.3 Å². The molecule has 0 aromatic heterocycles. The third-order valence-corrected chi connectivity index (χ3v) is 6.27. The van der Waals surface area contributed by atoms with Crippen molar-refractivity contribution in [1.82, 2.24) is 15.1 Å². The fraction of sp³-hybridized carbons (Fsp3) is 0.591. The molecule has 4 amide bonds. The molecule has 2 aliphatic carbocycles. The van der Waals surface area contributed by atoms with Gasteiger partial charge in [0, 0.05) is 13.1 Å². The molecule has 1 heterocycles. The average molecular weight is 383 g/mol. The van der Waals surface area contributed by atoms with Crippen molar-refractivity contribution < 1.29 is 14.4 Å². The van der Waals surface area contributed by atoms with Crippen LogP contribution in [-0.2, 0) is 28.0 Å². The Morgan fingerprint density at radius 2 is 2.00 bits per heavy atom. The lowest BCUT2D eigenvalue weighted by Gasteiger charge is -2.25. The second kappa shape index (κ2) is 7.22. The zero-order valence-electron chi connectivity index (χ0n) is 16.8.